The fourth-order valence-corrected chi connectivity index (χ4v) is 2.62. The van der Waals surface area contributed by atoms with Crippen molar-refractivity contribution in [2.24, 2.45) is 14.1 Å². The number of hydrogen-bond acceptors (Lipinski definition) is 10. The molecule has 0 aliphatic heterocycles. The summed E-state index contributed by atoms with van der Waals surface area (Å²) in [4.78, 5) is 70.5. The third-order valence-electron chi connectivity index (χ3n) is 4.38. The molecule has 2 rings (SSSR count). The van der Waals surface area contributed by atoms with Crippen LogP contribution >= 0.6 is 0 Å². The van der Waals surface area contributed by atoms with Crippen molar-refractivity contribution in [1.29, 1.82) is 0 Å². The quantitative estimate of drug-likeness (QED) is 0.212. The molecular weight excluding hydrogens is 430 g/mol. The number of nitrogens with one attached hydrogen (secondary N) is 1. The number of anilines is 1. The Hall–Kier alpha value is -4.49. The first kappa shape index (κ1) is 23.8. The minimum atomic E-state index is -1.02. The molecule has 1 heterocycles. The lowest BCUT2D eigenvalue weighted by Gasteiger charge is -2.11. The van der Waals surface area contributed by atoms with Crippen molar-refractivity contribution in [2.75, 3.05) is 26.0 Å². The summed E-state index contributed by atoms with van der Waals surface area (Å²) in [6.07, 6.45) is 0. The van der Waals surface area contributed by atoms with E-state index >= 15 is 0 Å². The van der Waals surface area contributed by atoms with Gasteiger partial charge in [-0.1, -0.05) is 0 Å². The van der Waals surface area contributed by atoms with E-state index < -0.39 is 58.2 Å². The van der Waals surface area contributed by atoms with E-state index in [-0.39, 0.29) is 17.1 Å². The van der Waals surface area contributed by atoms with Gasteiger partial charge in [-0.05, 0) is 12.1 Å². The zero-order valence-corrected chi connectivity index (χ0v) is 17.2. The molecule has 2 aromatic rings. The number of esters is 1. The summed E-state index contributed by atoms with van der Waals surface area (Å²) in [5, 5.41) is 13.2. The van der Waals surface area contributed by atoms with Crippen LogP contribution in [0.2, 0.25) is 0 Å². The van der Waals surface area contributed by atoms with Gasteiger partial charge in [0.2, 0.25) is 5.78 Å². The van der Waals surface area contributed by atoms with Gasteiger partial charge < -0.3 is 20.5 Å². The Labute approximate surface area is 179 Å². The number of methoxy groups -OCH3 is 1. The molecule has 14 heteroatoms. The van der Waals surface area contributed by atoms with Crippen molar-refractivity contribution in [3.63, 3.8) is 0 Å². The summed E-state index contributed by atoms with van der Waals surface area (Å²) >= 11 is 0. The number of nitrogens with two attached hydrogens (primary N) is 1. The largest absolute Gasteiger partial charge is 0.490 e. The Bertz CT molecular complexity index is 1230. The summed E-state index contributed by atoms with van der Waals surface area (Å²) in [6.45, 7) is -1.52. The third-order valence-corrected chi connectivity index (χ3v) is 4.38. The van der Waals surface area contributed by atoms with Gasteiger partial charge in [0, 0.05) is 25.7 Å². The average molecular weight is 449 g/mol. The van der Waals surface area contributed by atoms with E-state index in [1.54, 1.807) is 0 Å². The van der Waals surface area contributed by atoms with Gasteiger partial charge >= 0.3 is 17.3 Å². The van der Waals surface area contributed by atoms with Crippen molar-refractivity contribution in [3.05, 3.63) is 60.3 Å². The van der Waals surface area contributed by atoms with Gasteiger partial charge in [0.05, 0.1) is 12.0 Å². The first-order valence-electron chi connectivity index (χ1n) is 8.84. The predicted octanol–water partition coefficient (Wildman–Crippen LogP) is -1.26. The number of amides is 1. The van der Waals surface area contributed by atoms with Gasteiger partial charge in [0.1, 0.15) is 17.9 Å². The lowest BCUT2D eigenvalue weighted by Crippen LogP contribution is -2.42. The van der Waals surface area contributed by atoms with E-state index in [0.717, 1.165) is 17.7 Å². The number of nitrogens with zero attached hydrogens (tertiary/aromatic N) is 3. The van der Waals surface area contributed by atoms with Gasteiger partial charge in [0.25, 0.3) is 11.5 Å². The Morgan fingerprint density at radius 3 is 2.44 bits per heavy atom. The van der Waals surface area contributed by atoms with Crippen LogP contribution in [0.25, 0.3) is 0 Å². The van der Waals surface area contributed by atoms with Gasteiger partial charge in [-0.3, -0.25) is 38.4 Å². The van der Waals surface area contributed by atoms with Crippen molar-refractivity contribution >= 4 is 29.2 Å². The molecule has 1 amide bonds. The number of nitro benzene ring substituents is 1. The second kappa shape index (κ2) is 9.55. The van der Waals surface area contributed by atoms with Gasteiger partial charge in [-0.25, -0.2) is 4.79 Å². The lowest BCUT2D eigenvalue weighted by atomic mass is 10.1. The maximum atomic E-state index is 12.3. The summed E-state index contributed by atoms with van der Waals surface area (Å²) in [5.74, 6) is -3.20. The van der Waals surface area contributed by atoms with E-state index in [9.17, 15) is 34.1 Å². The van der Waals surface area contributed by atoms with Crippen LogP contribution in [0.5, 0.6) is 5.75 Å². The van der Waals surface area contributed by atoms with Crippen molar-refractivity contribution in [2.45, 2.75) is 0 Å². The molecule has 0 saturated carbocycles. The number of hydrogen-bond donors (Lipinski definition) is 2. The second-order valence-corrected chi connectivity index (χ2v) is 6.38. The van der Waals surface area contributed by atoms with Crippen LogP contribution < -0.4 is 27.0 Å². The predicted molar refractivity (Wildman–Crippen MR) is 109 cm³/mol. The number of carbonyl (C=O) groups excluding carboxylic acids is 3. The zero-order chi connectivity index (χ0) is 24.2. The van der Waals surface area contributed by atoms with E-state index in [4.69, 9.17) is 15.2 Å². The molecule has 0 fully saturated rings. The highest BCUT2D eigenvalue weighted by atomic mass is 16.6. The van der Waals surface area contributed by atoms with E-state index in [1.165, 1.54) is 26.3 Å². The number of rotatable bonds is 8. The lowest BCUT2D eigenvalue weighted by molar-refractivity contribution is -0.385. The fraction of sp³-hybridized carbons (Fsp3) is 0.278. The van der Waals surface area contributed by atoms with Crippen LogP contribution in [-0.2, 0) is 23.6 Å². The monoisotopic (exact) mass is 449 g/mol. The molecule has 32 heavy (non-hydrogen) atoms. The maximum absolute atomic E-state index is 12.3. The highest BCUT2D eigenvalue weighted by Crippen LogP contribution is 2.27. The molecule has 0 atom stereocenters. The van der Waals surface area contributed by atoms with Gasteiger partial charge in [-0.15, -0.1) is 0 Å². The third kappa shape index (κ3) is 4.80. The van der Waals surface area contributed by atoms with Crippen LogP contribution in [0.1, 0.15) is 20.7 Å². The fourth-order valence-electron chi connectivity index (χ4n) is 2.62. The maximum Gasteiger partial charge on any atom is 0.332 e. The molecule has 0 unspecified atom stereocenters. The second-order valence-electron chi connectivity index (χ2n) is 6.38. The highest BCUT2D eigenvalue weighted by molar-refractivity contribution is 6.01. The number of ketones is 1. The first-order valence-corrected chi connectivity index (χ1v) is 8.84. The molecule has 1 aromatic heterocycles. The molecule has 14 nitrogen and oxygen atoms in total. The molecule has 0 aliphatic rings. The van der Waals surface area contributed by atoms with Crippen LogP contribution in [0, 0.1) is 10.1 Å². The number of ether oxygens (including phenoxy) is 2. The molecule has 3 N–H and O–H groups in total. The molecule has 170 valence electrons. The summed E-state index contributed by atoms with van der Waals surface area (Å²) in [7, 11) is 3.66. The minimum absolute atomic E-state index is 0.0479. The Morgan fingerprint density at radius 1 is 1.19 bits per heavy atom. The molecular formula is C18H19N5O9. The number of nitro groups is 1. The van der Waals surface area contributed by atoms with Crippen LogP contribution in [0.3, 0.4) is 0 Å². The van der Waals surface area contributed by atoms with Crippen LogP contribution in [-0.4, -0.2) is 52.0 Å². The smallest absolute Gasteiger partial charge is 0.332 e. The summed E-state index contributed by atoms with van der Waals surface area (Å²) in [6, 6.07) is 3.46. The number of Topliss-reactive ketones (excluding diaryl/α,β-unsaturated/α-hetero) is 1. The number of nitrogen functional groups attached to an aromatic ring is 1. The van der Waals surface area contributed by atoms with Gasteiger partial charge in [-0.2, -0.15) is 0 Å². The van der Waals surface area contributed by atoms with Gasteiger partial charge in [0.15, 0.2) is 12.4 Å². The number of benzene rings is 1. The number of aromatic nitrogens is 2. The van der Waals surface area contributed by atoms with E-state index in [0.29, 0.717) is 4.57 Å². The minimum Gasteiger partial charge on any atom is -0.490 e. The summed E-state index contributed by atoms with van der Waals surface area (Å²) in [5.41, 5.74) is 2.91. The number of carbonyl (C=O) groups is 3. The van der Waals surface area contributed by atoms with Crippen molar-refractivity contribution in [3.8, 4) is 5.75 Å². The highest BCUT2D eigenvalue weighted by Gasteiger charge is 2.22. The molecule has 0 aliphatic carbocycles. The molecule has 0 saturated heterocycles. The zero-order valence-electron chi connectivity index (χ0n) is 17.2. The Balaban J connectivity index is 2.02. The SMILES string of the molecule is COc1ccc(C(=O)NCC(=O)OCC(=O)c2c(N)n(C)c(=O)n(C)c2=O)cc1[N+](=O)[O-]. The topological polar surface area (TPSA) is 195 Å². The Morgan fingerprint density at radius 2 is 1.84 bits per heavy atom. The van der Waals surface area contributed by atoms with Crippen molar-refractivity contribution < 1.29 is 28.8 Å². The van der Waals surface area contributed by atoms with Crippen LogP contribution in [0.4, 0.5) is 11.5 Å². The summed E-state index contributed by atoms with van der Waals surface area (Å²) < 4.78 is 11.2. The van der Waals surface area contributed by atoms with Crippen molar-refractivity contribution in [1.82, 2.24) is 14.5 Å². The van der Waals surface area contributed by atoms with Crippen LogP contribution in [0.15, 0.2) is 27.8 Å². The molecule has 0 bridgehead atoms. The van der Waals surface area contributed by atoms with E-state index in [1.807, 2.05) is 0 Å². The standard InChI is InChI=1S/C18H19N5O9/c1-21-15(19)14(17(27)22(2)18(21)28)11(24)8-32-13(25)7-20-16(26)9-4-5-12(31-3)10(6-9)23(29)30/h4-6H,7-8,19H2,1-3H3,(H,20,26). The first-order chi connectivity index (χ1) is 15.0. The molecule has 0 spiro atoms. The molecule has 1 aromatic carbocycles. The normalized spacial score (nSPS) is 10.3. The Kier molecular flexibility index (Phi) is 7.10. The average Bonchev–Trinajstić information content (AvgIpc) is 2.78. The molecule has 0 radical (unpaired) electrons. The van der Waals surface area contributed by atoms with E-state index in [2.05, 4.69) is 5.32 Å².